The third-order valence-corrected chi connectivity index (χ3v) is 8.99. The summed E-state index contributed by atoms with van der Waals surface area (Å²) in [5.74, 6) is -6.80. The summed E-state index contributed by atoms with van der Waals surface area (Å²) in [5.41, 5.74) is 4.75. The highest BCUT2D eigenvalue weighted by molar-refractivity contribution is 6.25. The minimum absolute atomic E-state index is 0.0211. The van der Waals surface area contributed by atoms with Gasteiger partial charge in [0, 0.05) is 49.9 Å². The van der Waals surface area contributed by atoms with E-state index in [2.05, 4.69) is 11.4 Å². The number of aromatic hydroxyl groups is 1. The minimum atomic E-state index is -2.69. The van der Waals surface area contributed by atoms with Gasteiger partial charge in [0.25, 0.3) is 5.91 Å². The number of hydrogen-bond acceptors (Lipinski definition) is 11. The minimum Gasteiger partial charge on any atom is -0.510 e. The summed E-state index contributed by atoms with van der Waals surface area (Å²) in [6, 6.07) is 9.85. The fourth-order valence-electron chi connectivity index (χ4n) is 6.93. The molecule has 0 bridgehead atoms. The third kappa shape index (κ3) is 4.61. The number of carbonyl (C=O) groups excluding carboxylic acids is 3. The Labute approximate surface area is 254 Å². The van der Waals surface area contributed by atoms with Gasteiger partial charge in [-0.3, -0.25) is 19.3 Å². The molecule has 4 unspecified atom stereocenters. The molecule has 0 heterocycles. The van der Waals surface area contributed by atoms with E-state index >= 15 is 0 Å². The topological polar surface area (TPSA) is 200 Å². The van der Waals surface area contributed by atoms with Crippen molar-refractivity contribution in [3.63, 3.8) is 0 Å². The van der Waals surface area contributed by atoms with Crippen LogP contribution in [0.4, 0.5) is 5.69 Å². The zero-order valence-electron chi connectivity index (χ0n) is 24.9. The summed E-state index contributed by atoms with van der Waals surface area (Å²) < 4.78 is 0. The van der Waals surface area contributed by atoms with Crippen LogP contribution < -0.4 is 16.0 Å². The quantitative estimate of drug-likeness (QED) is 0.250. The van der Waals surface area contributed by atoms with Gasteiger partial charge in [-0.05, 0) is 62.2 Å². The first kappa shape index (κ1) is 30.7. The molecule has 3 aliphatic rings. The van der Waals surface area contributed by atoms with Crippen molar-refractivity contribution in [1.82, 2.24) is 10.2 Å². The molecule has 0 fully saturated rings. The standard InChI is InChI=1S/C32H35N5O7/c1-36(2)21-11-18(14-35-13-16-7-5-15(12-33)6-8-16)26(38)23-19(21)9-17-10-20-25(37(3)4)28(40)24(31(34)43)30(42)32(20,44)29(41)22(17)27(23)39/h5-8,11,17,20,25,35,38,40-41,44H,9-10,13-14H2,1-4H3,(H2,34,43). The molecule has 230 valence electrons. The van der Waals surface area contributed by atoms with Crippen LogP contribution in [-0.4, -0.2) is 82.6 Å². The number of nitriles is 1. The van der Waals surface area contributed by atoms with Crippen LogP contribution in [0.2, 0.25) is 0 Å². The average molecular weight is 602 g/mol. The van der Waals surface area contributed by atoms with Crippen LogP contribution in [0, 0.1) is 23.2 Å². The van der Waals surface area contributed by atoms with E-state index in [1.54, 1.807) is 32.3 Å². The molecule has 0 aromatic heterocycles. The average Bonchev–Trinajstić information content (AvgIpc) is 2.96. The summed E-state index contributed by atoms with van der Waals surface area (Å²) in [5, 5.41) is 57.9. The van der Waals surface area contributed by atoms with Crippen molar-refractivity contribution >= 4 is 23.2 Å². The highest BCUT2D eigenvalue weighted by Gasteiger charge is 2.63. The Morgan fingerprint density at radius 1 is 1.11 bits per heavy atom. The number of primary amides is 1. The number of Topliss-reactive ketones (excluding diaryl/α,β-unsaturated/α-hetero) is 2. The number of fused-ring (bicyclic) bond motifs is 3. The number of phenols is 1. The summed E-state index contributed by atoms with van der Waals surface area (Å²) in [4.78, 5) is 43.2. The molecule has 12 nitrogen and oxygen atoms in total. The van der Waals surface area contributed by atoms with Gasteiger partial charge in [-0.15, -0.1) is 0 Å². The molecule has 0 saturated carbocycles. The zero-order valence-corrected chi connectivity index (χ0v) is 24.9. The number of amides is 1. The van der Waals surface area contributed by atoms with Crippen molar-refractivity contribution in [3.05, 3.63) is 80.8 Å². The molecule has 12 heteroatoms. The largest absolute Gasteiger partial charge is 0.510 e. The number of aliphatic hydroxyl groups is 3. The van der Waals surface area contributed by atoms with Crippen LogP contribution in [0.25, 0.3) is 0 Å². The van der Waals surface area contributed by atoms with Gasteiger partial charge in [0.15, 0.2) is 11.4 Å². The van der Waals surface area contributed by atoms with Gasteiger partial charge in [0.05, 0.1) is 23.2 Å². The lowest BCUT2D eigenvalue weighted by Gasteiger charge is -2.50. The number of nitrogens with two attached hydrogens (primary N) is 1. The fourth-order valence-corrected chi connectivity index (χ4v) is 6.93. The number of phenolic OH excluding ortho intramolecular Hbond substituents is 1. The van der Waals surface area contributed by atoms with Crippen LogP contribution in [-0.2, 0) is 29.1 Å². The Balaban J connectivity index is 1.57. The second-order valence-corrected chi connectivity index (χ2v) is 12.0. The number of ketones is 2. The lowest BCUT2D eigenvalue weighted by molar-refractivity contribution is -0.148. The molecule has 1 amide bonds. The number of likely N-dealkylation sites (N-methyl/N-ethyl adjacent to an activating group) is 1. The van der Waals surface area contributed by atoms with Gasteiger partial charge in [-0.25, -0.2) is 0 Å². The Morgan fingerprint density at radius 2 is 1.77 bits per heavy atom. The smallest absolute Gasteiger partial charge is 0.255 e. The monoisotopic (exact) mass is 601 g/mol. The summed E-state index contributed by atoms with van der Waals surface area (Å²) in [6.07, 6.45) is 0.224. The molecule has 3 aliphatic carbocycles. The zero-order chi connectivity index (χ0) is 32.2. The van der Waals surface area contributed by atoms with Crippen LogP contribution >= 0.6 is 0 Å². The number of benzene rings is 2. The van der Waals surface area contributed by atoms with E-state index in [1.165, 1.54) is 4.90 Å². The summed E-state index contributed by atoms with van der Waals surface area (Å²) >= 11 is 0. The number of nitrogens with one attached hydrogen (secondary N) is 1. The van der Waals surface area contributed by atoms with Gasteiger partial charge in [0.2, 0.25) is 5.78 Å². The Kier molecular flexibility index (Phi) is 7.75. The number of anilines is 1. The molecule has 0 spiro atoms. The Hall–Kier alpha value is -4.70. The first-order valence-corrected chi connectivity index (χ1v) is 14.1. The normalized spacial score (nSPS) is 24.5. The van der Waals surface area contributed by atoms with Crippen molar-refractivity contribution in [3.8, 4) is 11.8 Å². The molecular formula is C32H35N5O7. The SMILES string of the molecule is CN(C)c1cc(CNCc2ccc(C#N)cc2)c(O)c2c1CC1CC3C(N(C)C)C(O)=C(C(N)=O)C(=O)C3(O)C(O)=C1C2=O. The maximum absolute atomic E-state index is 14.2. The van der Waals surface area contributed by atoms with Crippen molar-refractivity contribution < 1.29 is 34.8 Å². The molecule has 5 rings (SSSR count). The Bertz CT molecular complexity index is 1690. The van der Waals surface area contributed by atoms with Gasteiger partial charge < -0.3 is 36.4 Å². The molecule has 2 aromatic rings. The van der Waals surface area contributed by atoms with Crippen molar-refractivity contribution in [1.29, 1.82) is 5.26 Å². The molecule has 0 saturated heterocycles. The summed E-state index contributed by atoms with van der Waals surface area (Å²) in [7, 11) is 6.80. The van der Waals surface area contributed by atoms with Crippen LogP contribution in [0.5, 0.6) is 5.75 Å². The first-order valence-electron chi connectivity index (χ1n) is 14.1. The second-order valence-electron chi connectivity index (χ2n) is 12.0. The van der Waals surface area contributed by atoms with Crippen molar-refractivity contribution in [2.45, 2.75) is 37.6 Å². The van der Waals surface area contributed by atoms with Gasteiger partial charge >= 0.3 is 0 Å². The number of nitrogens with zero attached hydrogens (tertiary/aromatic N) is 3. The molecule has 2 aromatic carbocycles. The van der Waals surface area contributed by atoms with E-state index in [0.717, 1.165) is 5.56 Å². The molecule has 4 atom stereocenters. The van der Waals surface area contributed by atoms with E-state index in [-0.39, 0.29) is 36.3 Å². The maximum Gasteiger partial charge on any atom is 0.255 e. The lowest BCUT2D eigenvalue weighted by Crippen LogP contribution is -2.63. The molecule has 44 heavy (non-hydrogen) atoms. The van der Waals surface area contributed by atoms with Gasteiger partial charge in [-0.1, -0.05) is 12.1 Å². The van der Waals surface area contributed by atoms with E-state index < -0.39 is 58.0 Å². The van der Waals surface area contributed by atoms with Crippen LogP contribution in [0.3, 0.4) is 0 Å². The van der Waals surface area contributed by atoms with Gasteiger partial charge in [0.1, 0.15) is 22.8 Å². The third-order valence-electron chi connectivity index (χ3n) is 8.99. The van der Waals surface area contributed by atoms with Crippen LogP contribution in [0.15, 0.2) is 53.0 Å². The molecular weight excluding hydrogens is 566 g/mol. The molecule has 7 N–H and O–H groups in total. The second kappa shape index (κ2) is 11.1. The van der Waals surface area contributed by atoms with Crippen molar-refractivity contribution in [2.75, 3.05) is 33.1 Å². The van der Waals surface area contributed by atoms with Gasteiger partial charge in [-0.2, -0.15) is 5.26 Å². The number of aliphatic hydroxyl groups excluding tert-OH is 2. The fraction of sp³-hybridized carbons (Fsp3) is 0.375. The maximum atomic E-state index is 14.2. The van der Waals surface area contributed by atoms with Crippen molar-refractivity contribution in [2.24, 2.45) is 17.6 Å². The highest BCUT2D eigenvalue weighted by Crippen LogP contribution is 2.53. The molecule has 0 aliphatic heterocycles. The van der Waals surface area contributed by atoms with Crippen LogP contribution in [0.1, 0.15) is 39.0 Å². The predicted octanol–water partition coefficient (Wildman–Crippen LogP) is 1.35. The number of rotatable bonds is 7. The highest BCUT2D eigenvalue weighted by atomic mass is 16.3. The first-order chi connectivity index (χ1) is 20.7. The Morgan fingerprint density at radius 3 is 2.34 bits per heavy atom. The summed E-state index contributed by atoms with van der Waals surface area (Å²) in [6.45, 7) is 0.608. The van der Waals surface area contributed by atoms with E-state index in [9.17, 15) is 34.8 Å². The number of allylic oxidation sites excluding steroid dienone is 1. The number of carbonyl (C=O) groups is 3. The van der Waals surface area contributed by atoms with E-state index in [0.29, 0.717) is 28.9 Å². The van der Waals surface area contributed by atoms with E-state index in [1.807, 2.05) is 31.1 Å². The predicted molar refractivity (Wildman–Crippen MR) is 160 cm³/mol. The lowest BCUT2D eigenvalue weighted by atomic mass is 9.58. The number of hydrogen-bond donors (Lipinski definition) is 6. The van der Waals surface area contributed by atoms with E-state index in [4.69, 9.17) is 11.0 Å². The molecule has 0 radical (unpaired) electrons.